The second kappa shape index (κ2) is 6.26. The molecular formula is C13H24O2. The van der Waals surface area contributed by atoms with Crippen molar-refractivity contribution in [3.8, 4) is 0 Å². The molecular weight excluding hydrogens is 188 g/mol. The van der Waals surface area contributed by atoms with Crippen LogP contribution in [0, 0.1) is 23.7 Å². The van der Waals surface area contributed by atoms with Gasteiger partial charge in [-0.3, -0.25) is 0 Å². The van der Waals surface area contributed by atoms with Gasteiger partial charge in [0.1, 0.15) is 6.29 Å². The molecule has 0 aromatic rings. The van der Waals surface area contributed by atoms with Crippen LogP contribution in [-0.2, 0) is 9.53 Å². The molecule has 1 rings (SSSR count). The standard InChI is InChI=1S/C13H24O2/c1-10(9-15-3)4-6-12-7-5-11(2)13(12)8-14/h8,10-13H,4-7,9H2,1-3H3/t10?,11?,12-,13-/m0/s1. The average Bonchev–Trinajstić information content (AvgIpc) is 2.56. The Bertz CT molecular complexity index is 191. The summed E-state index contributed by atoms with van der Waals surface area (Å²) in [5, 5.41) is 0. The van der Waals surface area contributed by atoms with Gasteiger partial charge in [0.15, 0.2) is 0 Å². The molecule has 1 aliphatic rings. The van der Waals surface area contributed by atoms with E-state index in [0.717, 1.165) is 6.61 Å². The summed E-state index contributed by atoms with van der Waals surface area (Å²) in [6.07, 6.45) is 6.04. The highest BCUT2D eigenvalue weighted by molar-refractivity contribution is 5.55. The van der Waals surface area contributed by atoms with Gasteiger partial charge in [0, 0.05) is 19.6 Å². The molecule has 1 aliphatic carbocycles. The summed E-state index contributed by atoms with van der Waals surface area (Å²) >= 11 is 0. The third-order valence-electron chi connectivity index (χ3n) is 3.83. The van der Waals surface area contributed by atoms with Gasteiger partial charge in [0.2, 0.25) is 0 Å². The summed E-state index contributed by atoms with van der Waals surface area (Å²) < 4.78 is 5.12. The first-order valence-corrected chi connectivity index (χ1v) is 6.13. The van der Waals surface area contributed by atoms with Gasteiger partial charge in [0.25, 0.3) is 0 Å². The Balaban J connectivity index is 2.29. The zero-order chi connectivity index (χ0) is 11.3. The fraction of sp³-hybridized carbons (Fsp3) is 0.923. The van der Waals surface area contributed by atoms with Crippen LogP contribution in [0.5, 0.6) is 0 Å². The van der Waals surface area contributed by atoms with E-state index >= 15 is 0 Å². The third kappa shape index (κ3) is 3.60. The molecule has 0 radical (unpaired) electrons. The van der Waals surface area contributed by atoms with E-state index in [1.54, 1.807) is 7.11 Å². The van der Waals surface area contributed by atoms with Crippen LogP contribution in [0.3, 0.4) is 0 Å². The Morgan fingerprint density at radius 1 is 1.47 bits per heavy atom. The lowest BCUT2D eigenvalue weighted by atomic mass is 9.87. The van der Waals surface area contributed by atoms with E-state index in [4.69, 9.17) is 4.74 Å². The van der Waals surface area contributed by atoms with Gasteiger partial charge < -0.3 is 9.53 Å². The molecule has 88 valence electrons. The third-order valence-corrected chi connectivity index (χ3v) is 3.83. The quantitative estimate of drug-likeness (QED) is 0.633. The minimum atomic E-state index is 0.319. The zero-order valence-corrected chi connectivity index (χ0v) is 10.2. The number of rotatable bonds is 6. The van der Waals surface area contributed by atoms with E-state index in [-0.39, 0.29) is 0 Å². The van der Waals surface area contributed by atoms with Crippen molar-refractivity contribution in [2.45, 2.75) is 39.5 Å². The second-order valence-corrected chi connectivity index (χ2v) is 5.17. The highest BCUT2D eigenvalue weighted by Crippen LogP contribution is 2.38. The largest absolute Gasteiger partial charge is 0.384 e. The summed E-state index contributed by atoms with van der Waals surface area (Å²) in [6.45, 7) is 5.27. The van der Waals surface area contributed by atoms with Crippen LogP contribution in [-0.4, -0.2) is 20.0 Å². The predicted molar refractivity (Wildman–Crippen MR) is 61.7 cm³/mol. The molecule has 0 aliphatic heterocycles. The molecule has 2 nitrogen and oxygen atoms in total. The molecule has 1 fully saturated rings. The lowest BCUT2D eigenvalue weighted by molar-refractivity contribution is -0.113. The lowest BCUT2D eigenvalue weighted by Crippen LogP contribution is -2.16. The molecule has 15 heavy (non-hydrogen) atoms. The molecule has 4 atom stereocenters. The number of carbonyl (C=O) groups is 1. The highest BCUT2D eigenvalue weighted by atomic mass is 16.5. The maximum atomic E-state index is 11.0. The second-order valence-electron chi connectivity index (χ2n) is 5.17. The Labute approximate surface area is 93.4 Å². The first kappa shape index (κ1) is 12.7. The van der Waals surface area contributed by atoms with Crippen molar-refractivity contribution in [2.24, 2.45) is 23.7 Å². The first-order chi connectivity index (χ1) is 7.19. The fourth-order valence-corrected chi connectivity index (χ4v) is 2.77. The van der Waals surface area contributed by atoms with Crippen molar-refractivity contribution in [3.05, 3.63) is 0 Å². The van der Waals surface area contributed by atoms with E-state index in [1.165, 1.54) is 32.0 Å². The minimum absolute atomic E-state index is 0.319. The lowest BCUT2D eigenvalue weighted by Gasteiger charge is -2.18. The van der Waals surface area contributed by atoms with E-state index in [0.29, 0.717) is 23.7 Å². The van der Waals surface area contributed by atoms with Crippen LogP contribution in [0.15, 0.2) is 0 Å². The number of hydrogen-bond donors (Lipinski definition) is 0. The van der Waals surface area contributed by atoms with Crippen molar-refractivity contribution in [1.29, 1.82) is 0 Å². The monoisotopic (exact) mass is 212 g/mol. The van der Waals surface area contributed by atoms with Crippen LogP contribution < -0.4 is 0 Å². The van der Waals surface area contributed by atoms with Gasteiger partial charge in [-0.1, -0.05) is 13.8 Å². The number of ether oxygens (including phenoxy) is 1. The molecule has 0 aromatic heterocycles. The molecule has 0 aromatic carbocycles. The van der Waals surface area contributed by atoms with Gasteiger partial charge in [-0.25, -0.2) is 0 Å². The highest BCUT2D eigenvalue weighted by Gasteiger charge is 2.32. The summed E-state index contributed by atoms with van der Waals surface area (Å²) in [6, 6.07) is 0. The van der Waals surface area contributed by atoms with Crippen molar-refractivity contribution in [1.82, 2.24) is 0 Å². The molecule has 2 heteroatoms. The molecule has 1 saturated carbocycles. The van der Waals surface area contributed by atoms with Crippen LogP contribution >= 0.6 is 0 Å². The van der Waals surface area contributed by atoms with Crippen LogP contribution in [0.2, 0.25) is 0 Å². The molecule has 0 amide bonds. The Morgan fingerprint density at radius 2 is 2.20 bits per heavy atom. The summed E-state index contributed by atoms with van der Waals surface area (Å²) in [4.78, 5) is 11.0. The number of methoxy groups -OCH3 is 1. The molecule has 0 spiro atoms. The first-order valence-electron chi connectivity index (χ1n) is 6.13. The van der Waals surface area contributed by atoms with E-state index in [1.807, 2.05) is 0 Å². The van der Waals surface area contributed by atoms with Crippen LogP contribution in [0.25, 0.3) is 0 Å². The normalized spacial score (nSPS) is 32.9. The van der Waals surface area contributed by atoms with Gasteiger partial charge in [-0.2, -0.15) is 0 Å². The maximum Gasteiger partial charge on any atom is 0.123 e. The molecule has 0 heterocycles. The van der Waals surface area contributed by atoms with Crippen molar-refractivity contribution >= 4 is 6.29 Å². The number of hydrogen-bond acceptors (Lipinski definition) is 2. The zero-order valence-electron chi connectivity index (χ0n) is 10.2. The van der Waals surface area contributed by atoms with Gasteiger partial charge in [-0.05, 0) is 43.4 Å². The van der Waals surface area contributed by atoms with E-state index in [2.05, 4.69) is 13.8 Å². The van der Waals surface area contributed by atoms with Crippen LogP contribution in [0.4, 0.5) is 0 Å². The van der Waals surface area contributed by atoms with Gasteiger partial charge in [0.05, 0.1) is 0 Å². The summed E-state index contributed by atoms with van der Waals surface area (Å²) in [7, 11) is 1.75. The minimum Gasteiger partial charge on any atom is -0.384 e. The topological polar surface area (TPSA) is 26.3 Å². The maximum absolute atomic E-state index is 11.0. The van der Waals surface area contributed by atoms with Crippen molar-refractivity contribution in [2.75, 3.05) is 13.7 Å². The van der Waals surface area contributed by atoms with Crippen molar-refractivity contribution < 1.29 is 9.53 Å². The van der Waals surface area contributed by atoms with E-state index in [9.17, 15) is 4.79 Å². The van der Waals surface area contributed by atoms with Crippen LogP contribution in [0.1, 0.15) is 39.5 Å². The van der Waals surface area contributed by atoms with Gasteiger partial charge >= 0.3 is 0 Å². The number of aldehydes is 1. The molecule has 0 bridgehead atoms. The SMILES string of the molecule is COCC(C)CC[C@H]1CCC(C)[C@@H]1C=O. The molecule has 0 saturated heterocycles. The Kier molecular flexibility index (Phi) is 5.30. The fourth-order valence-electron chi connectivity index (χ4n) is 2.77. The molecule has 2 unspecified atom stereocenters. The molecule has 0 N–H and O–H groups in total. The predicted octanol–water partition coefficient (Wildman–Crippen LogP) is 2.91. The summed E-state index contributed by atoms with van der Waals surface area (Å²) in [5.41, 5.74) is 0. The van der Waals surface area contributed by atoms with Gasteiger partial charge in [-0.15, -0.1) is 0 Å². The van der Waals surface area contributed by atoms with E-state index < -0.39 is 0 Å². The summed E-state index contributed by atoms with van der Waals surface area (Å²) in [5.74, 6) is 2.18. The Morgan fingerprint density at radius 3 is 2.80 bits per heavy atom. The smallest absolute Gasteiger partial charge is 0.123 e. The van der Waals surface area contributed by atoms with Crippen molar-refractivity contribution in [3.63, 3.8) is 0 Å². The average molecular weight is 212 g/mol. The Hall–Kier alpha value is -0.370. The number of carbonyl (C=O) groups excluding carboxylic acids is 1.